The van der Waals surface area contributed by atoms with E-state index < -0.39 is 11.6 Å². The van der Waals surface area contributed by atoms with E-state index >= 15 is 0 Å². The number of β-amino-alcohol motifs (C(OH)–C–C–N with tert-alkyl or cyclic N) is 1. The van der Waals surface area contributed by atoms with E-state index in [9.17, 15) is 20.1 Å². The minimum Gasteiger partial charge on any atom is -0.479 e. The number of aliphatic hydroxyl groups is 2. The Bertz CT molecular complexity index is 892. The number of hydrogen-bond donors (Lipinski definition) is 3. The van der Waals surface area contributed by atoms with Crippen LogP contribution in [0.5, 0.6) is 0 Å². The van der Waals surface area contributed by atoms with Crippen LogP contribution in [0.15, 0.2) is 91.0 Å². The highest BCUT2D eigenvalue weighted by atomic mass is 35.5. The molecule has 0 aliphatic carbocycles. The lowest BCUT2D eigenvalue weighted by Crippen LogP contribution is -2.36. The fourth-order valence-electron chi connectivity index (χ4n) is 3.76. The lowest BCUT2D eigenvalue weighted by molar-refractivity contribution is -0.155. The molecule has 0 bridgehead atoms. The first-order chi connectivity index (χ1) is 15.0. The highest BCUT2D eigenvalue weighted by Crippen LogP contribution is 2.29. The first kappa shape index (κ1) is 25.6. The van der Waals surface area contributed by atoms with E-state index in [-0.39, 0.29) is 18.5 Å². The van der Waals surface area contributed by atoms with Crippen molar-refractivity contribution in [2.75, 3.05) is 19.6 Å². The van der Waals surface area contributed by atoms with Crippen LogP contribution in [0.4, 0.5) is 0 Å². The zero-order valence-corrected chi connectivity index (χ0v) is 18.7. The van der Waals surface area contributed by atoms with Gasteiger partial charge in [0.25, 0.3) is 0 Å². The van der Waals surface area contributed by atoms with E-state index in [1.807, 2.05) is 30.3 Å². The topological polar surface area (TPSA) is 81.0 Å². The Hall–Kier alpha value is -2.70. The summed E-state index contributed by atoms with van der Waals surface area (Å²) in [5.41, 5.74) is -0.278. The molecule has 1 fully saturated rings. The average Bonchev–Trinajstić information content (AvgIpc) is 3.33. The maximum atomic E-state index is 11.4. The number of carboxylic acid groups (broad SMARTS) is 1. The molecule has 4 rings (SSSR count). The third kappa shape index (κ3) is 6.40. The summed E-state index contributed by atoms with van der Waals surface area (Å²) >= 11 is 0. The fourth-order valence-corrected chi connectivity index (χ4v) is 3.76. The van der Waals surface area contributed by atoms with Crippen LogP contribution in [0.3, 0.4) is 0 Å². The predicted octanol–water partition coefficient (Wildman–Crippen LogP) is 4.24. The lowest BCUT2D eigenvalue weighted by atomic mass is 9.86. The number of likely N-dealkylation sites (tertiary alicyclic amines) is 1. The normalized spacial score (nSPS) is 14.6. The molecule has 32 heavy (non-hydrogen) atoms. The molecule has 170 valence electrons. The van der Waals surface area contributed by atoms with Gasteiger partial charge in [-0.25, -0.2) is 4.79 Å². The Kier molecular flexibility index (Phi) is 9.88. The highest BCUT2D eigenvalue weighted by molar-refractivity contribution is 5.85. The van der Waals surface area contributed by atoms with Crippen molar-refractivity contribution in [3.8, 4) is 0 Å². The van der Waals surface area contributed by atoms with Gasteiger partial charge in [0, 0.05) is 6.54 Å². The van der Waals surface area contributed by atoms with Crippen LogP contribution in [0.2, 0.25) is 0 Å². The summed E-state index contributed by atoms with van der Waals surface area (Å²) < 4.78 is 0. The molecular weight excluding hydrogens is 426 g/mol. The quantitative estimate of drug-likeness (QED) is 0.518. The Morgan fingerprint density at radius 1 is 0.812 bits per heavy atom. The van der Waals surface area contributed by atoms with Crippen molar-refractivity contribution in [3.05, 3.63) is 108 Å². The molecule has 3 N–H and O–H groups in total. The van der Waals surface area contributed by atoms with Crippen molar-refractivity contribution >= 4 is 18.4 Å². The van der Waals surface area contributed by atoms with Crippen LogP contribution >= 0.6 is 12.4 Å². The minimum absolute atomic E-state index is 0. The zero-order chi connectivity index (χ0) is 22.1. The van der Waals surface area contributed by atoms with Gasteiger partial charge in [-0.05, 0) is 42.6 Å². The van der Waals surface area contributed by atoms with Crippen molar-refractivity contribution in [2.24, 2.45) is 0 Å². The minimum atomic E-state index is -2.00. The number of rotatable bonds is 6. The first-order valence-corrected chi connectivity index (χ1v) is 10.5. The Labute approximate surface area is 195 Å². The molecule has 3 aromatic carbocycles. The smallest absolute Gasteiger partial charge is 0.345 e. The van der Waals surface area contributed by atoms with Gasteiger partial charge in [-0.2, -0.15) is 0 Å². The largest absolute Gasteiger partial charge is 0.479 e. The second kappa shape index (κ2) is 12.4. The summed E-state index contributed by atoms with van der Waals surface area (Å²) in [5.74, 6) is -1.28. The number of halogens is 1. The van der Waals surface area contributed by atoms with Crippen LogP contribution < -0.4 is 0 Å². The van der Waals surface area contributed by atoms with Gasteiger partial charge >= 0.3 is 5.97 Å². The van der Waals surface area contributed by atoms with Gasteiger partial charge in [0.15, 0.2) is 0 Å². The Balaban J connectivity index is 0.000000224. The summed E-state index contributed by atoms with van der Waals surface area (Å²) in [6.07, 6.45) is 2.23. The number of carboxylic acids is 1. The SMILES string of the molecule is Cl.O=C(O)C(O)(c1ccccc1)c1ccccc1.OC(CN1CCCC1)c1ccccc1. The highest BCUT2D eigenvalue weighted by Gasteiger charge is 2.39. The second-order valence-electron chi connectivity index (χ2n) is 7.68. The molecule has 1 aliphatic rings. The molecule has 0 amide bonds. The summed E-state index contributed by atoms with van der Waals surface area (Å²) in [6, 6.07) is 26.6. The molecule has 0 saturated carbocycles. The van der Waals surface area contributed by atoms with Crippen molar-refractivity contribution in [1.82, 2.24) is 4.90 Å². The van der Waals surface area contributed by atoms with Gasteiger partial charge in [0.2, 0.25) is 5.60 Å². The number of benzene rings is 3. The van der Waals surface area contributed by atoms with Gasteiger partial charge in [-0.1, -0.05) is 91.0 Å². The van der Waals surface area contributed by atoms with Crippen molar-refractivity contribution in [3.63, 3.8) is 0 Å². The van der Waals surface area contributed by atoms with Gasteiger partial charge in [0.1, 0.15) is 0 Å². The molecule has 1 unspecified atom stereocenters. The van der Waals surface area contributed by atoms with Crippen molar-refractivity contribution in [2.45, 2.75) is 24.5 Å². The number of hydrogen-bond acceptors (Lipinski definition) is 4. The van der Waals surface area contributed by atoms with E-state index in [2.05, 4.69) is 4.90 Å². The molecule has 0 spiro atoms. The van der Waals surface area contributed by atoms with E-state index in [4.69, 9.17) is 0 Å². The maximum absolute atomic E-state index is 11.4. The second-order valence-corrected chi connectivity index (χ2v) is 7.68. The van der Waals surface area contributed by atoms with Crippen LogP contribution in [0.1, 0.15) is 35.6 Å². The summed E-state index contributed by atoms with van der Waals surface area (Å²) in [7, 11) is 0. The first-order valence-electron chi connectivity index (χ1n) is 10.5. The van der Waals surface area contributed by atoms with Crippen LogP contribution in [0.25, 0.3) is 0 Å². The molecule has 1 saturated heterocycles. The predicted molar refractivity (Wildman–Crippen MR) is 128 cm³/mol. The van der Waals surface area contributed by atoms with E-state index in [1.54, 1.807) is 60.7 Å². The molecule has 1 aliphatic heterocycles. The summed E-state index contributed by atoms with van der Waals surface area (Å²) in [4.78, 5) is 13.7. The van der Waals surface area contributed by atoms with E-state index in [0.717, 1.165) is 25.2 Å². The molecular formula is C26H30ClNO4. The van der Waals surface area contributed by atoms with Gasteiger partial charge in [-0.15, -0.1) is 12.4 Å². The number of aliphatic carboxylic acids is 1. The third-order valence-corrected chi connectivity index (χ3v) is 5.51. The third-order valence-electron chi connectivity index (χ3n) is 5.51. The van der Waals surface area contributed by atoms with Crippen LogP contribution in [-0.2, 0) is 10.4 Å². The Morgan fingerprint density at radius 3 is 1.62 bits per heavy atom. The zero-order valence-electron chi connectivity index (χ0n) is 17.9. The monoisotopic (exact) mass is 455 g/mol. The lowest BCUT2D eigenvalue weighted by Gasteiger charge is -2.24. The number of aliphatic hydroxyl groups excluding tert-OH is 1. The average molecular weight is 456 g/mol. The summed E-state index contributed by atoms with van der Waals surface area (Å²) in [6.45, 7) is 3.07. The van der Waals surface area contributed by atoms with Gasteiger partial charge in [0.05, 0.1) is 6.10 Å². The van der Waals surface area contributed by atoms with Crippen LogP contribution in [0, 0.1) is 0 Å². The molecule has 1 atom stereocenters. The molecule has 0 radical (unpaired) electrons. The van der Waals surface area contributed by atoms with Gasteiger partial charge < -0.3 is 20.2 Å². The molecule has 0 aromatic heterocycles. The van der Waals surface area contributed by atoms with Crippen molar-refractivity contribution < 1.29 is 20.1 Å². The van der Waals surface area contributed by atoms with Gasteiger partial charge in [-0.3, -0.25) is 0 Å². The van der Waals surface area contributed by atoms with Crippen LogP contribution in [-0.4, -0.2) is 45.8 Å². The number of carbonyl (C=O) groups is 1. The van der Waals surface area contributed by atoms with Crippen molar-refractivity contribution in [1.29, 1.82) is 0 Å². The molecule has 5 nitrogen and oxygen atoms in total. The van der Waals surface area contributed by atoms with E-state index in [0.29, 0.717) is 11.1 Å². The standard InChI is InChI=1S/C14H12O3.C12H17NO.ClH/c15-13(16)14(17,11-7-3-1-4-8-11)12-9-5-2-6-10-12;14-12(10-13-8-4-5-9-13)11-6-2-1-3-7-11;/h1-10,17H,(H,15,16);1-3,6-7,12,14H,4-5,8-10H2;1H. The molecule has 1 heterocycles. The molecule has 3 aromatic rings. The maximum Gasteiger partial charge on any atom is 0.345 e. The number of nitrogens with zero attached hydrogens (tertiary/aromatic N) is 1. The Morgan fingerprint density at radius 2 is 1.22 bits per heavy atom. The van der Waals surface area contributed by atoms with E-state index in [1.165, 1.54) is 12.8 Å². The summed E-state index contributed by atoms with van der Waals surface area (Å²) in [5, 5.41) is 29.7. The molecule has 6 heteroatoms. The fraction of sp³-hybridized carbons (Fsp3) is 0.269.